The number of carbonyl (C=O) groups excluding carboxylic acids is 1. The Labute approximate surface area is 115 Å². The topological polar surface area (TPSA) is 79.3 Å². The molecule has 102 valence electrons. The number of carboxylic acids is 1. The summed E-state index contributed by atoms with van der Waals surface area (Å²) >= 11 is 0. The highest BCUT2D eigenvalue weighted by Crippen LogP contribution is 2.39. The molecular formula is C15H14N2O3. The zero-order chi connectivity index (χ0) is 14.3. The Bertz CT molecular complexity index is 711. The van der Waals surface area contributed by atoms with E-state index in [9.17, 15) is 9.59 Å². The van der Waals surface area contributed by atoms with Gasteiger partial charge in [0.2, 0.25) is 5.91 Å². The van der Waals surface area contributed by atoms with Gasteiger partial charge in [0.25, 0.3) is 0 Å². The molecule has 2 aromatic rings. The Morgan fingerprint density at radius 2 is 2.05 bits per heavy atom. The first-order valence-corrected chi connectivity index (χ1v) is 6.46. The van der Waals surface area contributed by atoms with Crippen LogP contribution in [-0.4, -0.2) is 22.0 Å². The molecule has 2 unspecified atom stereocenters. The third-order valence-corrected chi connectivity index (χ3v) is 3.56. The number of carboxylic acid groups (broad SMARTS) is 1. The molecule has 0 saturated heterocycles. The van der Waals surface area contributed by atoms with Crippen molar-refractivity contribution in [2.24, 2.45) is 11.8 Å². The van der Waals surface area contributed by atoms with Crippen molar-refractivity contribution in [2.45, 2.75) is 13.3 Å². The first kappa shape index (κ1) is 12.6. The second-order valence-electron chi connectivity index (χ2n) is 5.11. The standard InChI is InChI=1S/C15H14N2O3/c1-8-5-6-9-3-2-4-12(13(9)16-8)17-14(18)10-7-11(10)15(19)20/h2-6,10-11H,7H2,1H3,(H,17,18)(H,19,20). The van der Waals surface area contributed by atoms with Crippen molar-refractivity contribution in [1.82, 2.24) is 4.98 Å². The normalized spacial score (nSPS) is 20.6. The van der Waals surface area contributed by atoms with Crippen LogP contribution in [0.1, 0.15) is 12.1 Å². The predicted molar refractivity (Wildman–Crippen MR) is 74.3 cm³/mol. The molecular weight excluding hydrogens is 256 g/mol. The molecule has 0 radical (unpaired) electrons. The van der Waals surface area contributed by atoms with Crippen molar-refractivity contribution in [1.29, 1.82) is 0 Å². The molecule has 1 aliphatic rings. The molecule has 2 atom stereocenters. The van der Waals surface area contributed by atoms with Crippen LogP contribution in [0.2, 0.25) is 0 Å². The molecule has 5 nitrogen and oxygen atoms in total. The fourth-order valence-corrected chi connectivity index (χ4v) is 2.33. The number of rotatable bonds is 3. The quantitative estimate of drug-likeness (QED) is 0.896. The maximum atomic E-state index is 12.0. The molecule has 1 aromatic heterocycles. The molecule has 0 spiro atoms. The van der Waals surface area contributed by atoms with Gasteiger partial charge in [-0.2, -0.15) is 0 Å². The fourth-order valence-electron chi connectivity index (χ4n) is 2.33. The first-order valence-electron chi connectivity index (χ1n) is 6.46. The highest BCUT2D eigenvalue weighted by atomic mass is 16.4. The largest absolute Gasteiger partial charge is 0.481 e. The van der Waals surface area contributed by atoms with E-state index in [1.54, 1.807) is 6.07 Å². The number of nitrogens with one attached hydrogen (secondary N) is 1. The lowest BCUT2D eigenvalue weighted by Crippen LogP contribution is -2.17. The van der Waals surface area contributed by atoms with Crippen molar-refractivity contribution in [2.75, 3.05) is 5.32 Å². The molecule has 2 N–H and O–H groups in total. The lowest BCUT2D eigenvalue weighted by Gasteiger charge is -2.08. The van der Waals surface area contributed by atoms with Crippen LogP contribution in [0.15, 0.2) is 30.3 Å². The molecule has 0 bridgehead atoms. The first-order chi connectivity index (χ1) is 9.56. The highest BCUT2D eigenvalue weighted by molar-refractivity contribution is 6.03. The molecule has 1 aromatic carbocycles. The summed E-state index contributed by atoms with van der Waals surface area (Å²) in [4.78, 5) is 27.2. The van der Waals surface area contributed by atoms with Crippen molar-refractivity contribution in [3.8, 4) is 0 Å². The van der Waals surface area contributed by atoms with Gasteiger partial charge in [-0.15, -0.1) is 0 Å². The van der Waals surface area contributed by atoms with Crippen molar-refractivity contribution >= 4 is 28.5 Å². The predicted octanol–water partition coefficient (Wildman–Crippen LogP) is 2.20. The summed E-state index contributed by atoms with van der Waals surface area (Å²) in [7, 11) is 0. The summed E-state index contributed by atoms with van der Waals surface area (Å²) in [5.41, 5.74) is 2.23. The van der Waals surface area contributed by atoms with E-state index in [0.717, 1.165) is 16.6 Å². The van der Waals surface area contributed by atoms with Gasteiger partial charge in [0.1, 0.15) is 0 Å². The molecule has 20 heavy (non-hydrogen) atoms. The average Bonchev–Trinajstić information content (AvgIpc) is 3.20. The van der Waals surface area contributed by atoms with Gasteiger partial charge < -0.3 is 10.4 Å². The minimum Gasteiger partial charge on any atom is -0.481 e. The molecule has 1 heterocycles. The Balaban J connectivity index is 1.86. The molecule has 0 aliphatic heterocycles. The van der Waals surface area contributed by atoms with Crippen molar-refractivity contribution < 1.29 is 14.7 Å². The number of hydrogen-bond donors (Lipinski definition) is 2. The third kappa shape index (κ3) is 2.22. The van der Waals surface area contributed by atoms with E-state index in [4.69, 9.17) is 5.11 Å². The molecule has 3 rings (SSSR count). The zero-order valence-electron chi connectivity index (χ0n) is 11.0. The number of nitrogens with zero attached hydrogens (tertiary/aromatic N) is 1. The van der Waals surface area contributed by atoms with E-state index in [-0.39, 0.29) is 5.91 Å². The SMILES string of the molecule is Cc1ccc2cccc(NC(=O)C3CC3C(=O)O)c2n1. The summed E-state index contributed by atoms with van der Waals surface area (Å²) in [5.74, 6) is -2.11. The van der Waals surface area contributed by atoms with Crippen LogP contribution in [-0.2, 0) is 9.59 Å². The van der Waals surface area contributed by atoms with Crippen molar-refractivity contribution in [3.05, 3.63) is 36.0 Å². The second-order valence-corrected chi connectivity index (χ2v) is 5.11. The van der Waals surface area contributed by atoms with E-state index in [1.807, 2.05) is 31.2 Å². The number of hydrogen-bond acceptors (Lipinski definition) is 3. The van der Waals surface area contributed by atoms with Gasteiger partial charge in [-0.3, -0.25) is 14.6 Å². The summed E-state index contributed by atoms with van der Waals surface area (Å²) in [6.45, 7) is 1.89. The monoisotopic (exact) mass is 270 g/mol. The molecule has 1 saturated carbocycles. The van der Waals surface area contributed by atoms with Crippen LogP contribution >= 0.6 is 0 Å². The van der Waals surface area contributed by atoms with E-state index in [1.165, 1.54) is 0 Å². The van der Waals surface area contributed by atoms with Crippen LogP contribution in [0, 0.1) is 18.8 Å². The summed E-state index contributed by atoms with van der Waals surface area (Å²) in [5, 5.41) is 12.6. The summed E-state index contributed by atoms with van der Waals surface area (Å²) in [6.07, 6.45) is 0.415. The van der Waals surface area contributed by atoms with Crippen molar-refractivity contribution in [3.63, 3.8) is 0 Å². The lowest BCUT2D eigenvalue weighted by atomic mass is 10.1. The van der Waals surface area contributed by atoms with E-state index < -0.39 is 17.8 Å². The van der Waals surface area contributed by atoms with Gasteiger partial charge in [0.05, 0.1) is 23.0 Å². The van der Waals surface area contributed by atoms with Crippen LogP contribution in [0.25, 0.3) is 10.9 Å². The van der Waals surface area contributed by atoms with Gasteiger partial charge in [0, 0.05) is 11.1 Å². The van der Waals surface area contributed by atoms with Gasteiger partial charge in [-0.25, -0.2) is 0 Å². The second kappa shape index (κ2) is 4.59. The summed E-state index contributed by atoms with van der Waals surface area (Å²) in [6, 6.07) is 9.41. The Hall–Kier alpha value is -2.43. The number of para-hydroxylation sites is 1. The van der Waals surface area contributed by atoms with Gasteiger partial charge in [-0.05, 0) is 25.5 Å². The number of fused-ring (bicyclic) bond motifs is 1. The number of pyridine rings is 1. The summed E-state index contributed by atoms with van der Waals surface area (Å²) < 4.78 is 0. The minimum absolute atomic E-state index is 0.242. The third-order valence-electron chi connectivity index (χ3n) is 3.56. The maximum Gasteiger partial charge on any atom is 0.307 e. The van der Waals surface area contributed by atoms with Gasteiger partial charge in [0.15, 0.2) is 0 Å². The van der Waals surface area contributed by atoms with Gasteiger partial charge >= 0.3 is 5.97 Å². The van der Waals surface area contributed by atoms with Crippen LogP contribution in [0.4, 0.5) is 5.69 Å². The number of aryl methyl sites for hydroxylation is 1. The number of aliphatic carboxylic acids is 1. The number of amides is 1. The molecule has 1 fully saturated rings. The van der Waals surface area contributed by atoms with Crippen LogP contribution in [0.5, 0.6) is 0 Å². The lowest BCUT2D eigenvalue weighted by molar-refractivity contribution is -0.139. The zero-order valence-corrected chi connectivity index (χ0v) is 11.0. The average molecular weight is 270 g/mol. The van der Waals surface area contributed by atoms with Crippen LogP contribution in [0.3, 0.4) is 0 Å². The molecule has 5 heteroatoms. The number of benzene rings is 1. The Morgan fingerprint density at radius 1 is 1.25 bits per heavy atom. The van der Waals surface area contributed by atoms with E-state index in [0.29, 0.717) is 12.1 Å². The highest BCUT2D eigenvalue weighted by Gasteiger charge is 2.48. The Kier molecular flexibility index (Phi) is 2.89. The Morgan fingerprint density at radius 3 is 2.75 bits per heavy atom. The maximum absolute atomic E-state index is 12.0. The van der Waals surface area contributed by atoms with Crippen LogP contribution < -0.4 is 5.32 Å². The van der Waals surface area contributed by atoms with Gasteiger partial charge in [-0.1, -0.05) is 18.2 Å². The number of anilines is 1. The van der Waals surface area contributed by atoms with E-state index >= 15 is 0 Å². The smallest absolute Gasteiger partial charge is 0.307 e. The van der Waals surface area contributed by atoms with E-state index in [2.05, 4.69) is 10.3 Å². The minimum atomic E-state index is -0.906. The fraction of sp³-hybridized carbons (Fsp3) is 0.267. The number of carbonyl (C=O) groups is 2. The molecule has 1 aliphatic carbocycles. The molecule has 1 amide bonds. The number of aromatic nitrogens is 1.